The Morgan fingerprint density at radius 2 is 2.25 bits per heavy atom. The summed E-state index contributed by atoms with van der Waals surface area (Å²) in [5.41, 5.74) is 5.17. The second-order valence-electron chi connectivity index (χ2n) is 4.48. The lowest BCUT2D eigenvalue weighted by molar-refractivity contribution is -0.166. The molecule has 9 heteroatoms. The molecule has 1 rings (SSSR count). The standard InChI is InChI=1S/C11H18F3N3O2S/c1-2-16-10(18)8-6-19-4-3-17(8)5-7(9(15)20)11(12,13)14/h7-8H,2-6H2,1H3,(H2,15,20)(H,16,18). The number of carbonyl (C=O) groups excluding carboxylic acids is 1. The van der Waals surface area contributed by atoms with Crippen molar-refractivity contribution in [2.45, 2.75) is 19.1 Å². The quantitative estimate of drug-likeness (QED) is 0.714. The highest BCUT2D eigenvalue weighted by molar-refractivity contribution is 7.80. The Labute approximate surface area is 120 Å². The molecule has 0 spiro atoms. The highest BCUT2D eigenvalue weighted by Crippen LogP contribution is 2.28. The van der Waals surface area contributed by atoms with Crippen LogP contribution < -0.4 is 11.1 Å². The van der Waals surface area contributed by atoms with Gasteiger partial charge in [-0.2, -0.15) is 13.2 Å². The van der Waals surface area contributed by atoms with Gasteiger partial charge in [0.1, 0.15) is 12.0 Å². The zero-order valence-electron chi connectivity index (χ0n) is 11.1. The Morgan fingerprint density at radius 1 is 1.60 bits per heavy atom. The number of nitrogens with one attached hydrogen (secondary N) is 1. The Balaban J connectivity index is 2.79. The van der Waals surface area contributed by atoms with Gasteiger partial charge >= 0.3 is 6.18 Å². The maximum absolute atomic E-state index is 12.9. The third-order valence-corrected chi connectivity index (χ3v) is 3.33. The van der Waals surface area contributed by atoms with E-state index < -0.39 is 29.7 Å². The van der Waals surface area contributed by atoms with Crippen LogP contribution in [0.25, 0.3) is 0 Å². The number of halogens is 3. The van der Waals surface area contributed by atoms with Crippen LogP contribution >= 0.6 is 12.2 Å². The summed E-state index contributed by atoms with van der Waals surface area (Å²) in [4.78, 5) is 12.6. The summed E-state index contributed by atoms with van der Waals surface area (Å²) in [6.07, 6.45) is -4.52. The van der Waals surface area contributed by atoms with Crippen LogP contribution in [-0.4, -0.2) is 60.9 Å². The molecule has 2 atom stereocenters. The molecule has 3 N–H and O–H groups in total. The second kappa shape index (κ2) is 7.19. The summed E-state index contributed by atoms with van der Waals surface area (Å²) in [5, 5.41) is 2.58. The zero-order valence-corrected chi connectivity index (χ0v) is 11.9. The van der Waals surface area contributed by atoms with Gasteiger partial charge in [0.25, 0.3) is 0 Å². The first kappa shape index (κ1) is 17.1. The Kier molecular flexibility index (Phi) is 6.15. The van der Waals surface area contributed by atoms with Crippen molar-refractivity contribution in [2.24, 2.45) is 11.7 Å². The fourth-order valence-corrected chi connectivity index (χ4v) is 2.19. The minimum atomic E-state index is -4.52. The molecule has 0 aromatic rings. The number of rotatable bonds is 5. The number of likely N-dealkylation sites (N-methyl/N-ethyl adjacent to an activating group) is 1. The van der Waals surface area contributed by atoms with Crippen molar-refractivity contribution >= 4 is 23.1 Å². The number of nitrogens with zero attached hydrogens (tertiary/aromatic N) is 1. The van der Waals surface area contributed by atoms with Gasteiger partial charge in [0, 0.05) is 19.6 Å². The van der Waals surface area contributed by atoms with E-state index in [-0.39, 0.29) is 25.7 Å². The SMILES string of the molecule is CCNC(=O)C1COCCN1CC(C(N)=S)C(F)(F)F. The van der Waals surface area contributed by atoms with Gasteiger partial charge in [-0.1, -0.05) is 12.2 Å². The fourth-order valence-electron chi connectivity index (χ4n) is 1.98. The number of thiocarbonyl (C=S) groups is 1. The van der Waals surface area contributed by atoms with E-state index in [1.54, 1.807) is 6.92 Å². The zero-order chi connectivity index (χ0) is 15.3. The van der Waals surface area contributed by atoms with Crippen LogP contribution in [0.5, 0.6) is 0 Å². The van der Waals surface area contributed by atoms with E-state index in [9.17, 15) is 18.0 Å². The molecule has 0 saturated carbocycles. The molecule has 1 fully saturated rings. The lowest BCUT2D eigenvalue weighted by Crippen LogP contribution is -2.57. The van der Waals surface area contributed by atoms with Gasteiger partial charge in [-0.05, 0) is 6.92 Å². The molecular formula is C11H18F3N3O2S. The molecule has 116 valence electrons. The predicted octanol–water partition coefficient (Wildman–Crippen LogP) is 0.288. The molecule has 0 aliphatic carbocycles. The number of nitrogens with two attached hydrogens (primary N) is 1. The minimum Gasteiger partial charge on any atom is -0.393 e. The van der Waals surface area contributed by atoms with E-state index >= 15 is 0 Å². The number of ether oxygens (including phenoxy) is 1. The Bertz CT molecular complexity index is 365. The van der Waals surface area contributed by atoms with Gasteiger partial charge in [-0.3, -0.25) is 9.69 Å². The van der Waals surface area contributed by atoms with Crippen LogP contribution in [0.3, 0.4) is 0 Å². The summed E-state index contributed by atoms with van der Waals surface area (Å²) in [5.74, 6) is -2.27. The van der Waals surface area contributed by atoms with Crippen LogP contribution in [0.1, 0.15) is 6.92 Å². The fraction of sp³-hybridized carbons (Fsp3) is 0.818. The van der Waals surface area contributed by atoms with Crippen LogP contribution in [0.2, 0.25) is 0 Å². The predicted molar refractivity (Wildman–Crippen MR) is 71.2 cm³/mol. The number of amides is 1. The summed E-state index contributed by atoms with van der Waals surface area (Å²) in [6, 6.07) is -0.747. The number of carbonyl (C=O) groups is 1. The first-order valence-corrected chi connectivity index (χ1v) is 6.63. The average Bonchev–Trinajstić information content (AvgIpc) is 2.34. The van der Waals surface area contributed by atoms with Crippen molar-refractivity contribution in [1.29, 1.82) is 0 Å². The maximum Gasteiger partial charge on any atom is 0.399 e. The normalized spacial score (nSPS) is 22.3. The average molecular weight is 313 g/mol. The van der Waals surface area contributed by atoms with Crippen LogP contribution in [0, 0.1) is 5.92 Å². The summed E-state index contributed by atoms with van der Waals surface area (Å²) in [7, 11) is 0. The molecular weight excluding hydrogens is 295 g/mol. The van der Waals surface area contributed by atoms with Gasteiger partial charge in [0.05, 0.1) is 18.2 Å². The van der Waals surface area contributed by atoms with Crippen molar-refractivity contribution in [3.05, 3.63) is 0 Å². The number of alkyl halides is 3. The molecule has 5 nitrogen and oxygen atoms in total. The Morgan fingerprint density at radius 3 is 2.75 bits per heavy atom. The van der Waals surface area contributed by atoms with E-state index in [1.165, 1.54) is 4.90 Å². The third kappa shape index (κ3) is 4.57. The van der Waals surface area contributed by atoms with Crippen molar-refractivity contribution in [3.63, 3.8) is 0 Å². The molecule has 1 heterocycles. The molecule has 0 bridgehead atoms. The molecule has 1 aliphatic rings. The molecule has 0 aromatic heterocycles. The van der Waals surface area contributed by atoms with Crippen molar-refractivity contribution in [3.8, 4) is 0 Å². The molecule has 1 amide bonds. The third-order valence-electron chi connectivity index (χ3n) is 3.05. The number of hydrogen-bond donors (Lipinski definition) is 2. The maximum atomic E-state index is 12.9. The highest BCUT2D eigenvalue weighted by atomic mass is 32.1. The van der Waals surface area contributed by atoms with Crippen LogP contribution in [-0.2, 0) is 9.53 Å². The van der Waals surface area contributed by atoms with Crippen LogP contribution in [0.15, 0.2) is 0 Å². The largest absolute Gasteiger partial charge is 0.399 e. The van der Waals surface area contributed by atoms with Crippen molar-refractivity contribution in [1.82, 2.24) is 10.2 Å². The van der Waals surface area contributed by atoms with Gasteiger partial charge in [0.2, 0.25) is 5.91 Å². The molecule has 1 aliphatic heterocycles. The lowest BCUT2D eigenvalue weighted by Gasteiger charge is -2.36. The van der Waals surface area contributed by atoms with E-state index in [0.29, 0.717) is 6.54 Å². The molecule has 0 aromatic carbocycles. The molecule has 20 heavy (non-hydrogen) atoms. The summed E-state index contributed by atoms with van der Waals surface area (Å²) in [6.45, 7) is 2.28. The lowest BCUT2D eigenvalue weighted by atomic mass is 10.1. The smallest absolute Gasteiger partial charge is 0.393 e. The van der Waals surface area contributed by atoms with Crippen molar-refractivity contribution in [2.75, 3.05) is 32.8 Å². The minimum absolute atomic E-state index is 0.0632. The van der Waals surface area contributed by atoms with Gasteiger partial charge in [0.15, 0.2) is 0 Å². The van der Waals surface area contributed by atoms with Gasteiger partial charge < -0.3 is 15.8 Å². The summed E-state index contributed by atoms with van der Waals surface area (Å²) < 4.78 is 43.8. The topological polar surface area (TPSA) is 67.6 Å². The van der Waals surface area contributed by atoms with E-state index in [0.717, 1.165) is 0 Å². The molecule has 1 saturated heterocycles. The van der Waals surface area contributed by atoms with Gasteiger partial charge in [-0.15, -0.1) is 0 Å². The van der Waals surface area contributed by atoms with Crippen molar-refractivity contribution < 1.29 is 22.7 Å². The number of hydrogen-bond acceptors (Lipinski definition) is 4. The van der Waals surface area contributed by atoms with E-state index in [2.05, 4.69) is 17.5 Å². The highest BCUT2D eigenvalue weighted by Gasteiger charge is 2.44. The first-order valence-electron chi connectivity index (χ1n) is 6.23. The van der Waals surface area contributed by atoms with Crippen LogP contribution in [0.4, 0.5) is 13.2 Å². The van der Waals surface area contributed by atoms with Gasteiger partial charge in [-0.25, -0.2) is 0 Å². The molecule has 0 radical (unpaired) electrons. The Hall–Kier alpha value is -0.930. The second-order valence-corrected chi connectivity index (χ2v) is 4.95. The molecule has 2 unspecified atom stereocenters. The number of morpholine rings is 1. The van der Waals surface area contributed by atoms with E-state index in [1.807, 2.05) is 0 Å². The van der Waals surface area contributed by atoms with E-state index in [4.69, 9.17) is 10.5 Å². The monoisotopic (exact) mass is 313 g/mol. The summed E-state index contributed by atoms with van der Waals surface area (Å²) >= 11 is 4.49. The first-order chi connectivity index (χ1) is 9.27.